The summed E-state index contributed by atoms with van der Waals surface area (Å²) in [4.78, 5) is 11.3. The van der Waals surface area contributed by atoms with Crippen LogP contribution in [0.1, 0.15) is 41.8 Å². The van der Waals surface area contributed by atoms with Crippen molar-refractivity contribution in [3.63, 3.8) is 0 Å². The van der Waals surface area contributed by atoms with E-state index in [1.165, 1.54) is 0 Å². The second-order valence-corrected chi connectivity index (χ2v) is 7.68. The van der Waals surface area contributed by atoms with Gasteiger partial charge in [-0.1, -0.05) is 48.5 Å². The predicted molar refractivity (Wildman–Crippen MR) is 96.6 cm³/mol. The van der Waals surface area contributed by atoms with Crippen LogP contribution in [-0.4, -0.2) is 18.1 Å². The van der Waals surface area contributed by atoms with Crippen molar-refractivity contribution in [2.75, 3.05) is 13.2 Å². The van der Waals surface area contributed by atoms with Gasteiger partial charge >= 0.3 is 7.94 Å². The first kappa shape index (κ1) is 18.1. The average molecular weight is 333 g/mol. The Morgan fingerprint density at radius 1 is 0.826 bits per heavy atom. The van der Waals surface area contributed by atoms with Crippen molar-refractivity contribution < 1.29 is 13.9 Å². The Kier molecular flexibility index (Phi) is 6.32. The average Bonchev–Trinajstić information content (AvgIpc) is 2.52. The van der Waals surface area contributed by atoms with E-state index < -0.39 is 7.94 Å². The highest BCUT2D eigenvalue weighted by Crippen LogP contribution is 2.70. The van der Waals surface area contributed by atoms with Gasteiger partial charge in [0.2, 0.25) is 5.66 Å². The monoisotopic (exact) mass is 333 g/mol. The standard InChI is InChI=1S/C19H26O3P/c1-5-21-23(20,22-6-2)19(17-13-9-7-11-15(17)3)18-14-10-8-12-16(18)4/h7-14,19-20H,5-6H2,1-4H3/q+1. The summed E-state index contributed by atoms with van der Waals surface area (Å²) < 4.78 is 11.6. The number of rotatable bonds is 7. The van der Waals surface area contributed by atoms with Crippen molar-refractivity contribution in [3.05, 3.63) is 70.8 Å². The van der Waals surface area contributed by atoms with Crippen LogP contribution in [0, 0.1) is 13.8 Å². The van der Waals surface area contributed by atoms with Crippen molar-refractivity contribution in [2.45, 2.75) is 33.4 Å². The van der Waals surface area contributed by atoms with Gasteiger partial charge in [0.05, 0.1) is 13.2 Å². The summed E-state index contributed by atoms with van der Waals surface area (Å²) in [7, 11) is -3.08. The minimum atomic E-state index is -3.08. The molecule has 0 aliphatic carbocycles. The lowest BCUT2D eigenvalue weighted by Gasteiger charge is -2.27. The molecule has 23 heavy (non-hydrogen) atoms. The molecule has 2 rings (SSSR count). The maximum atomic E-state index is 11.3. The molecule has 0 saturated heterocycles. The fraction of sp³-hybridized carbons (Fsp3) is 0.368. The van der Waals surface area contributed by atoms with Crippen LogP contribution in [0.4, 0.5) is 0 Å². The molecule has 2 aromatic carbocycles. The second-order valence-electron chi connectivity index (χ2n) is 5.52. The molecule has 3 nitrogen and oxygen atoms in total. The minimum absolute atomic E-state index is 0.301. The van der Waals surface area contributed by atoms with Gasteiger partial charge in [-0.2, -0.15) is 13.9 Å². The Hall–Kier alpha value is -1.25. The van der Waals surface area contributed by atoms with E-state index in [9.17, 15) is 4.89 Å². The lowest BCUT2D eigenvalue weighted by atomic mass is 9.97. The number of benzene rings is 2. The predicted octanol–water partition coefficient (Wildman–Crippen LogP) is 5.22. The molecule has 0 bridgehead atoms. The fourth-order valence-electron chi connectivity index (χ4n) is 2.86. The normalized spacial score (nSPS) is 11.9. The van der Waals surface area contributed by atoms with Crippen molar-refractivity contribution in [1.82, 2.24) is 0 Å². The zero-order valence-corrected chi connectivity index (χ0v) is 15.2. The molecule has 0 fully saturated rings. The summed E-state index contributed by atoms with van der Waals surface area (Å²) >= 11 is 0. The fourth-order valence-corrected chi connectivity index (χ4v) is 5.26. The molecule has 0 amide bonds. The van der Waals surface area contributed by atoms with E-state index in [1.54, 1.807) is 0 Å². The molecule has 1 N–H and O–H groups in total. The zero-order valence-electron chi connectivity index (χ0n) is 14.3. The lowest BCUT2D eigenvalue weighted by molar-refractivity contribution is 0.184. The molecule has 0 radical (unpaired) electrons. The van der Waals surface area contributed by atoms with Gasteiger partial charge < -0.3 is 0 Å². The smallest absolute Gasteiger partial charge is 0.192 e. The SMILES string of the molecule is CCO[P+](O)(OCC)C(c1ccccc1C)c1ccccc1C. The van der Waals surface area contributed by atoms with Gasteiger partial charge in [-0.05, 0) is 38.8 Å². The number of aryl methyl sites for hydroxylation is 2. The largest absolute Gasteiger partial charge is 0.421 e. The van der Waals surface area contributed by atoms with E-state index in [-0.39, 0.29) is 5.66 Å². The van der Waals surface area contributed by atoms with E-state index in [4.69, 9.17) is 9.05 Å². The topological polar surface area (TPSA) is 38.7 Å². The Bertz CT molecular complexity index is 591. The first-order valence-corrected chi connectivity index (χ1v) is 9.69. The highest BCUT2D eigenvalue weighted by Gasteiger charge is 2.52. The summed E-state index contributed by atoms with van der Waals surface area (Å²) in [5.41, 5.74) is 4.06. The Balaban J connectivity index is 2.65. The molecule has 0 heterocycles. The van der Waals surface area contributed by atoms with E-state index in [0.29, 0.717) is 13.2 Å². The third kappa shape index (κ3) is 3.99. The first-order chi connectivity index (χ1) is 11.0. The van der Waals surface area contributed by atoms with E-state index in [2.05, 4.69) is 38.1 Å². The van der Waals surface area contributed by atoms with E-state index >= 15 is 0 Å². The van der Waals surface area contributed by atoms with Gasteiger partial charge in [0, 0.05) is 11.1 Å². The molecule has 4 heteroatoms. The van der Waals surface area contributed by atoms with Crippen molar-refractivity contribution in [3.8, 4) is 0 Å². The highest BCUT2D eigenvalue weighted by atomic mass is 31.2. The van der Waals surface area contributed by atoms with Crippen LogP contribution < -0.4 is 0 Å². The second kappa shape index (κ2) is 8.03. The van der Waals surface area contributed by atoms with Gasteiger partial charge in [0.1, 0.15) is 0 Å². The summed E-state index contributed by atoms with van der Waals surface area (Å²) in [6.45, 7) is 8.72. The molecule has 0 aliphatic rings. The molecule has 0 aliphatic heterocycles. The molecule has 2 aromatic rings. The van der Waals surface area contributed by atoms with Gasteiger partial charge in [0.15, 0.2) is 0 Å². The molecule has 124 valence electrons. The van der Waals surface area contributed by atoms with E-state index in [0.717, 1.165) is 22.3 Å². The van der Waals surface area contributed by atoms with Crippen LogP contribution in [-0.2, 0) is 9.05 Å². The number of hydrogen-bond acceptors (Lipinski definition) is 3. The lowest BCUT2D eigenvalue weighted by Crippen LogP contribution is -2.15. The van der Waals surface area contributed by atoms with Crippen molar-refractivity contribution in [1.29, 1.82) is 0 Å². The summed E-state index contributed by atoms with van der Waals surface area (Å²) in [6.07, 6.45) is 0. The molecule has 0 aromatic heterocycles. The summed E-state index contributed by atoms with van der Waals surface area (Å²) in [6, 6.07) is 16.2. The van der Waals surface area contributed by atoms with Crippen LogP contribution >= 0.6 is 7.94 Å². The van der Waals surface area contributed by atoms with E-state index in [1.807, 2.05) is 38.1 Å². The van der Waals surface area contributed by atoms with Crippen LogP contribution in [0.5, 0.6) is 0 Å². The van der Waals surface area contributed by atoms with Gasteiger partial charge in [-0.3, -0.25) is 0 Å². The zero-order chi connectivity index (χ0) is 16.9. The quantitative estimate of drug-likeness (QED) is 0.706. The van der Waals surface area contributed by atoms with Crippen molar-refractivity contribution in [2.24, 2.45) is 0 Å². The summed E-state index contributed by atoms with van der Waals surface area (Å²) in [5.74, 6) is 0. The van der Waals surface area contributed by atoms with Gasteiger partial charge in [0.25, 0.3) is 0 Å². The third-order valence-electron chi connectivity index (χ3n) is 3.92. The van der Waals surface area contributed by atoms with Crippen LogP contribution in [0.15, 0.2) is 48.5 Å². The highest BCUT2D eigenvalue weighted by molar-refractivity contribution is 7.61. The van der Waals surface area contributed by atoms with Crippen molar-refractivity contribution >= 4 is 7.94 Å². The molecule has 0 saturated carbocycles. The Morgan fingerprint density at radius 2 is 1.22 bits per heavy atom. The van der Waals surface area contributed by atoms with Crippen LogP contribution in [0.3, 0.4) is 0 Å². The summed E-state index contributed by atoms with van der Waals surface area (Å²) in [5, 5.41) is 0. The molecule has 0 unspecified atom stereocenters. The number of hydrogen-bond donors (Lipinski definition) is 1. The maximum absolute atomic E-state index is 11.3. The first-order valence-electron chi connectivity index (χ1n) is 8.05. The Morgan fingerprint density at radius 3 is 1.57 bits per heavy atom. The Labute approximate surface area is 139 Å². The third-order valence-corrected chi connectivity index (χ3v) is 6.39. The molecule has 0 atom stereocenters. The van der Waals surface area contributed by atoms with Crippen LogP contribution in [0.2, 0.25) is 0 Å². The molecular weight excluding hydrogens is 307 g/mol. The minimum Gasteiger partial charge on any atom is -0.192 e. The maximum Gasteiger partial charge on any atom is 0.421 e. The molecule has 0 spiro atoms. The molecular formula is C19H26O3P+. The van der Waals surface area contributed by atoms with Crippen LogP contribution in [0.25, 0.3) is 0 Å². The van der Waals surface area contributed by atoms with Gasteiger partial charge in [-0.25, -0.2) is 0 Å². The van der Waals surface area contributed by atoms with Gasteiger partial charge in [-0.15, -0.1) is 0 Å².